The molecular formula is C12H20O2. The summed E-state index contributed by atoms with van der Waals surface area (Å²) in [5.74, 6) is 2.64. The van der Waals surface area contributed by atoms with E-state index in [1.54, 1.807) is 0 Å². The molecule has 2 heteroatoms. The quantitative estimate of drug-likeness (QED) is 0.501. The molecule has 0 aliphatic carbocycles. The SMILES string of the molecule is C#CC(OC=O)(C(C)(C)C)C(C)(C)C. The largest absolute Gasteiger partial charge is 0.447 e. The molecule has 0 radical (unpaired) electrons. The minimum Gasteiger partial charge on any atom is -0.447 e. The predicted octanol–water partition coefficient (Wildman–Crippen LogP) is 2.62. The third kappa shape index (κ3) is 1.92. The van der Waals surface area contributed by atoms with Gasteiger partial charge in [-0.1, -0.05) is 47.5 Å². The number of terminal acetylenes is 1. The Bertz CT molecular complexity index is 231. The molecule has 0 aromatic carbocycles. The van der Waals surface area contributed by atoms with Crippen molar-refractivity contribution in [3.05, 3.63) is 0 Å². The summed E-state index contributed by atoms with van der Waals surface area (Å²) in [4.78, 5) is 10.6. The molecule has 0 bridgehead atoms. The summed E-state index contributed by atoms with van der Waals surface area (Å²) in [5.41, 5.74) is -1.45. The fourth-order valence-corrected chi connectivity index (χ4v) is 2.02. The van der Waals surface area contributed by atoms with Crippen LogP contribution in [0.15, 0.2) is 0 Å². The third-order valence-corrected chi connectivity index (χ3v) is 2.54. The van der Waals surface area contributed by atoms with Crippen molar-refractivity contribution in [1.29, 1.82) is 0 Å². The maximum absolute atomic E-state index is 10.6. The first kappa shape index (κ1) is 13.0. The average Bonchev–Trinajstić information content (AvgIpc) is 1.94. The Hall–Kier alpha value is -0.970. The summed E-state index contributed by atoms with van der Waals surface area (Å²) in [5, 5.41) is 0. The molecule has 0 heterocycles. The smallest absolute Gasteiger partial charge is 0.294 e. The standard InChI is InChI=1S/C12H20O2/c1-8-12(14-9-13,10(2,3)4)11(5,6)7/h1,9H,2-7H3. The minimum absolute atomic E-state index is 0.291. The lowest BCUT2D eigenvalue weighted by Gasteiger charge is -2.47. The van der Waals surface area contributed by atoms with Gasteiger partial charge in [0.15, 0.2) is 5.60 Å². The second-order valence-electron chi connectivity index (χ2n) is 5.54. The van der Waals surface area contributed by atoms with Gasteiger partial charge in [-0.3, -0.25) is 4.79 Å². The van der Waals surface area contributed by atoms with Crippen molar-refractivity contribution in [1.82, 2.24) is 0 Å². The molecule has 0 atom stereocenters. The first-order valence-corrected chi connectivity index (χ1v) is 4.71. The first-order valence-electron chi connectivity index (χ1n) is 4.71. The van der Waals surface area contributed by atoms with Crippen molar-refractivity contribution in [2.75, 3.05) is 0 Å². The zero-order chi connectivity index (χ0) is 11.6. The number of ether oxygens (including phenoxy) is 1. The van der Waals surface area contributed by atoms with Gasteiger partial charge in [-0.15, -0.1) is 6.42 Å². The molecule has 0 amide bonds. The van der Waals surface area contributed by atoms with Gasteiger partial charge in [-0.25, -0.2) is 0 Å². The van der Waals surface area contributed by atoms with Crippen molar-refractivity contribution in [2.45, 2.75) is 47.1 Å². The highest BCUT2D eigenvalue weighted by Gasteiger charge is 2.51. The van der Waals surface area contributed by atoms with E-state index < -0.39 is 5.60 Å². The van der Waals surface area contributed by atoms with Gasteiger partial charge in [0.1, 0.15) is 0 Å². The summed E-state index contributed by atoms with van der Waals surface area (Å²) < 4.78 is 5.19. The van der Waals surface area contributed by atoms with E-state index in [2.05, 4.69) is 5.92 Å². The van der Waals surface area contributed by atoms with Crippen molar-refractivity contribution in [3.63, 3.8) is 0 Å². The normalized spacial score (nSPS) is 13.2. The van der Waals surface area contributed by atoms with Crippen LogP contribution in [-0.2, 0) is 9.53 Å². The Balaban J connectivity index is 5.47. The summed E-state index contributed by atoms with van der Waals surface area (Å²) in [6, 6.07) is 0. The van der Waals surface area contributed by atoms with Crippen LogP contribution in [0.5, 0.6) is 0 Å². The molecule has 0 unspecified atom stereocenters. The van der Waals surface area contributed by atoms with Crippen molar-refractivity contribution in [3.8, 4) is 12.3 Å². The predicted molar refractivity (Wildman–Crippen MR) is 57.6 cm³/mol. The zero-order valence-corrected chi connectivity index (χ0v) is 9.97. The van der Waals surface area contributed by atoms with Gasteiger partial charge in [0.2, 0.25) is 0 Å². The van der Waals surface area contributed by atoms with E-state index in [1.165, 1.54) is 0 Å². The Morgan fingerprint density at radius 2 is 1.43 bits per heavy atom. The fourth-order valence-electron chi connectivity index (χ4n) is 2.02. The van der Waals surface area contributed by atoms with E-state index in [-0.39, 0.29) is 10.8 Å². The lowest BCUT2D eigenvalue weighted by atomic mass is 9.63. The molecular weight excluding hydrogens is 176 g/mol. The summed E-state index contributed by atoms with van der Waals surface area (Å²) >= 11 is 0. The van der Waals surface area contributed by atoms with Gasteiger partial charge in [0.25, 0.3) is 6.47 Å². The van der Waals surface area contributed by atoms with E-state index >= 15 is 0 Å². The highest BCUT2D eigenvalue weighted by atomic mass is 16.5. The van der Waals surface area contributed by atoms with E-state index in [1.807, 2.05) is 41.5 Å². The van der Waals surface area contributed by atoms with E-state index in [9.17, 15) is 4.79 Å². The molecule has 0 spiro atoms. The van der Waals surface area contributed by atoms with Gasteiger partial charge in [0.05, 0.1) is 0 Å². The van der Waals surface area contributed by atoms with Gasteiger partial charge in [-0.05, 0) is 0 Å². The summed E-state index contributed by atoms with van der Waals surface area (Å²) in [6.07, 6.45) is 5.53. The van der Waals surface area contributed by atoms with Crippen LogP contribution < -0.4 is 0 Å². The maximum Gasteiger partial charge on any atom is 0.294 e. The van der Waals surface area contributed by atoms with Crippen LogP contribution in [0.2, 0.25) is 0 Å². The molecule has 0 N–H and O–H groups in total. The monoisotopic (exact) mass is 196 g/mol. The van der Waals surface area contributed by atoms with E-state index in [0.29, 0.717) is 6.47 Å². The molecule has 0 rings (SSSR count). The molecule has 0 aliphatic rings. The molecule has 0 saturated carbocycles. The van der Waals surface area contributed by atoms with Crippen molar-refractivity contribution < 1.29 is 9.53 Å². The highest BCUT2D eigenvalue weighted by Crippen LogP contribution is 2.45. The second-order valence-corrected chi connectivity index (χ2v) is 5.54. The van der Waals surface area contributed by atoms with Gasteiger partial charge >= 0.3 is 0 Å². The Kier molecular flexibility index (Phi) is 3.40. The fraction of sp³-hybridized carbons (Fsp3) is 0.750. The number of hydrogen-bond donors (Lipinski definition) is 0. The molecule has 0 aromatic rings. The van der Waals surface area contributed by atoms with Crippen LogP contribution in [0, 0.1) is 23.2 Å². The maximum atomic E-state index is 10.6. The number of carbonyl (C=O) groups excluding carboxylic acids is 1. The Morgan fingerprint density at radius 1 is 1.07 bits per heavy atom. The van der Waals surface area contributed by atoms with Gasteiger partial charge in [-0.2, -0.15) is 0 Å². The van der Waals surface area contributed by atoms with Crippen LogP contribution in [-0.4, -0.2) is 12.1 Å². The molecule has 80 valence electrons. The van der Waals surface area contributed by atoms with Crippen molar-refractivity contribution >= 4 is 6.47 Å². The van der Waals surface area contributed by atoms with Crippen LogP contribution in [0.3, 0.4) is 0 Å². The molecule has 0 saturated heterocycles. The van der Waals surface area contributed by atoms with E-state index in [4.69, 9.17) is 11.2 Å². The third-order valence-electron chi connectivity index (χ3n) is 2.54. The molecule has 0 fully saturated rings. The minimum atomic E-state index is -0.873. The number of hydrogen-bond acceptors (Lipinski definition) is 2. The van der Waals surface area contributed by atoms with Crippen LogP contribution in [0.25, 0.3) is 0 Å². The molecule has 0 aliphatic heterocycles. The van der Waals surface area contributed by atoms with Crippen molar-refractivity contribution in [2.24, 2.45) is 10.8 Å². The number of carbonyl (C=O) groups is 1. The summed E-state index contributed by atoms with van der Waals surface area (Å²) in [7, 11) is 0. The van der Waals surface area contributed by atoms with Gasteiger partial charge < -0.3 is 4.74 Å². The number of rotatable bonds is 2. The zero-order valence-electron chi connectivity index (χ0n) is 9.97. The summed E-state index contributed by atoms with van der Waals surface area (Å²) in [6.45, 7) is 12.3. The van der Waals surface area contributed by atoms with Crippen LogP contribution >= 0.6 is 0 Å². The van der Waals surface area contributed by atoms with Crippen LogP contribution in [0.1, 0.15) is 41.5 Å². The van der Waals surface area contributed by atoms with Gasteiger partial charge in [0, 0.05) is 10.8 Å². The lowest BCUT2D eigenvalue weighted by Crippen LogP contribution is -2.53. The Labute approximate surface area is 87.0 Å². The topological polar surface area (TPSA) is 26.3 Å². The Morgan fingerprint density at radius 3 is 1.50 bits per heavy atom. The molecule has 0 aromatic heterocycles. The molecule has 14 heavy (non-hydrogen) atoms. The molecule has 2 nitrogen and oxygen atoms in total. The first-order chi connectivity index (χ1) is 6.12. The average molecular weight is 196 g/mol. The second kappa shape index (κ2) is 3.65. The van der Waals surface area contributed by atoms with E-state index in [0.717, 1.165) is 0 Å². The van der Waals surface area contributed by atoms with Crippen LogP contribution in [0.4, 0.5) is 0 Å². The highest BCUT2D eigenvalue weighted by molar-refractivity contribution is 5.42. The lowest BCUT2D eigenvalue weighted by molar-refractivity contribution is -0.163.